The van der Waals surface area contributed by atoms with Crippen LogP contribution in [0.15, 0.2) is 24.5 Å². The second-order valence-corrected chi connectivity index (χ2v) is 10.6. The van der Waals surface area contributed by atoms with Gasteiger partial charge in [0, 0.05) is 31.2 Å². The monoisotopic (exact) mass is 513 g/mol. The Kier molecular flexibility index (Phi) is 9.09. The number of aromatic nitrogens is 4. The fourth-order valence-electron chi connectivity index (χ4n) is 5.31. The standard InChI is InChI=1S/C26H39N7O4/c1-18-12-33(19(2)16-34)26(36)22-11-21(28-25(35)15-32-17-27-29-30-32)9-10-23(22)37-24(18)14-31(3)13-20-7-5-4-6-8-20/h9-11,17-20,24,34H,4-8,12-16H2,1-3H3,(H,28,35)/t18-,19-,24-/m0/s1. The number of rotatable bonds is 9. The molecule has 0 radical (unpaired) electrons. The molecule has 3 atom stereocenters. The van der Waals surface area contributed by atoms with Crippen LogP contribution in [0.2, 0.25) is 0 Å². The van der Waals surface area contributed by atoms with Crippen LogP contribution in [-0.4, -0.2) is 92.4 Å². The smallest absolute Gasteiger partial charge is 0.258 e. The van der Waals surface area contributed by atoms with Crippen molar-refractivity contribution in [3.05, 3.63) is 30.1 Å². The number of aliphatic hydroxyl groups is 1. The average Bonchev–Trinajstić information content (AvgIpc) is 3.39. The first-order chi connectivity index (χ1) is 17.8. The molecule has 0 saturated heterocycles. The van der Waals surface area contributed by atoms with Gasteiger partial charge in [-0.3, -0.25) is 9.59 Å². The minimum atomic E-state index is -0.348. The number of hydrogen-bond donors (Lipinski definition) is 2. The Bertz CT molecular complexity index is 1040. The molecule has 11 heteroatoms. The molecule has 2 N–H and O–H groups in total. The molecule has 1 aliphatic heterocycles. The predicted octanol–water partition coefficient (Wildman–Crippen LogP) is 2.04. The minimum absolute atomic E-state index is 0.0465. The molecule has 1 saturated carbocycles. The van der Waals surface area contributed by atoms with Gasteiger partial charge in [0.25, 0.3) is 5.91 Å². The van der Waals surface area contributed by atoms with Crippen LogP contribution in [0.5, 0.6) is 5.75 Å². The first kappa shape index (κ1) is 27.0. The van der Waals surface area contributed by atoms with Crippen molar-refractivity contribution in [3.63, 3.8) is 0 Å². The lowest BCUT2D eigenvalue weighted by Crippen LogP contribution is -2.50. The van der Waals surface area contributed by atoms with Gasteiger partial charge in [0.05, 0.1) is 18.2 Å². The molecule has 1 fully saturated rings. The molecule has 0 unspecified atom stereocenters. The summed E-state index contributed by atoms with van der Waals surface area (Å²) in [5.74, 6) is 0.732. The number of ether oxygens (including phenoxy) is 1. The second kappa shape index (κ2) is 12.5. The lowest BCUT2D eigenvalue weighted by atomic mass is 9.89. The maximum Gasteiger partial charge on any atom is 0.258 e. The highest BCUT2D eigenvalue weighted by atomic mass is 16.5. The third-order valence-corrected chi connectivity index (χ3v) is 7.43. The van der Waals surface area contributed by atoms with E-state index in [4.69, 9.17) is 4.74 Å². The number of amides is 2. The molecule has 2 aromatic rings. The van der Waals surface area contributed by atoms with Crippen molar-refractivity contribution < 1.29 is 19.4 Å². The number of nitrogens with one attached hydrogen (secondary N) is 1. The highest BCUT2D eigenvalue weighted by Crippen LogP contribution is 2.31. The van der Waals surface area contributed by atoms with Gasteiger partial charge in [-0.2, -0.15) is 0 Å². The fourth-order valence-corrected chi connectivity index (χ4v) is 5.31. The van der Waals surface area contributed by atoms with Crippen LogP contribution in [0, 0.1) is 11.8 Å². The predicted molar refractivity (Wildman–Crippen MR) is 138 cm³/mol. The summed E-state index contributed by atoms with van der Waals surface area (Å²) < 4.78 is 7.81. The normalized spacial score (nSPS) is 21.6. The highest BCUT2D eigenvalue weighted by Gasteiger charge is 2.34. The first-order valence-corrected chi connectivity index (χ1v) is 13.3. The van der Waals surface area contributed by atoms with Crippen LogP contribution in [0.25, 0.3) is 0 Å². The zero-order valence-electron chi connectivity index (χ0n) is 22.0. The Hall–Kier alpha value is -3.05. The number of carbonyl (C=O) groups excluding carboxylic acids is 2. The first-order valence-electron chi connectivity index (χ1n) is 13.3. The van der Waals surface area contributed by atoms with Crippen LogP contribution >= 0.6 is 0 Å². The summed E-state index contributed by atoms with van der Waals surface area (Å²) in [4.78, 5) is 30.1. The zero-order chi connectivity index (χ0) is 26.4. The van der Waals surface area contributed by atoms with E-state index in [9.17, 15) is 14.7 Å². The SMILES string of the molecule is C[C@H]1CN([C@@H](C)CO)C(=O)c2cc(NC(=O)Cn3cnnn3)ccc2O[C@H]1CN(C)CC1CCCCC1. The maximum absolute atomic E-state index is 13.6. The Morgan fingerprint density at radius 2 is 2.05 bits per heavy atom. The van der Waals surface area contributed by atoms with E-state index in [1.807, 2.05) is 6.92 Å². The molecule has 1 aromatic heterocycles. The number of hydrogen-bond acceptors (Lipinski definition) is 8. The van der Waals surface area contributed by atoms with Crippen molar-refractivity contribution in [2.24, 2.45) is 11.8 Å². The summed E-state index contributed by atoms with van der Waals surface area (Å²) in [5.41, 5.74) is 0.845. The van der Waals surface area contributed by atoms with Crippen LogP contribution in [0.4, 0.5) is 5.69 Å². The summed E-state index contributed by atoms with van der Waals surface area (Å²) in [6, 6.07) is 4.77. The zero-order valence-corrected chi connectivity index (χ0v) is 22.0. The van der Waals surface area contributed by atoms with Crippen LogP contribution in [0.1, 0.15) is 56.3 Å². The van der Waals surface area contributed by atoms with Crippen molar-refractivity contribution >= 4 is 17.5 Å². The third kappa shape index (κ3) is 7.04. The minimum Gasteiger partial charge on any atom is -0.488 e. The van der Waals surface area contributed by atoms with E-state index in [-0.39, 0.29) is 43.0 Å². The van der Waals surface area contributed by atoms with E-state index in [0.29, 0.717) is 23.5 Å². The lowest BCUT2D eigenvalue weighted by Gasteiger charge is -2.38. The van der Waals surface area contributed by atoms with Crippen molar-refractivity contribution in [1.82, 2.24) is 30.0 Å². The average molecular weight is 514 g/mol. The van der Waals surface area contributed by atoms with Gasteiger partial charge in [-0.05, 0) is 61.4 Å². The van der Waals surface area contributed by atoms with Crippen LogP contribution in [0.3, 0.4) is 0 Å². The number of benzene rings is 1. The van der Waals surface area contributed by atoms with Gasteiger partial charge >= 0.3 is 0 Å². The number of anilines is 1. The van der Waals surface area contributed by atoms with Gasteiger partial charge in [0.2, 0.25) is 5.91 Å². The summed E-state index contributed by atoms with van der Waals surface area (Å²) in [6.07, 6.45) is 7.76. The van der Waals surface area contributed by atoms with E-state index in [0.717, 1.165) is 19.0 Å². The van der Waals surface area contributed by atoms with Crippen LogP contribution < -0.4 is 10.1 Å². The second-order valence-electron chi connectivity index (χ2n) is 10.6. The van der Waals surface area contributed by atoms with Crippen molar-refractivity contribution in [1.29, 1.82) is 0 Å². The van der Waals surface area contributed by atoms with Gasteiger partial charge in [0.15, 0.2) is 0 Å². The van der Waals surface area contributed by atoms with Crippen molar-refractivity contribution in [3.8, 4) is 5.75 Å². The number of nitrogens with zero attached hydrogens (tertiary/aromatic N) is 6. The molecule has 2 heterocycles. The molecule has 0 bridgehead atoms. The van der Waals surface area contributed by atoms with E-state index in [1.54, 1.807) is 23.1 Å². The van der Waals surface area contributed by atoms with Gasteiger partial charge in [0.1, 0.15) is 24.7 Å². The van der Waals surface area contributed by atoms with Crippen molar-refractivity contribution in [2.75, 3.05) is 38.6 Å². The topological polar surface area (TPSA) is 126 Å². The van der Waals surface area contributed by atoms with Gasteiger partial charge in [-0.25, -0.2) is 4.68 Å². The molecule has 1 aliphatic carbocycles. The molecule has 37 heavy (non-hydrogen) atoms. The molecule has 0 spiro atoms. The number of carbonyl (C=O) groups is 2. The Morgan fingerprint density at radius 1 is 1.27 bits per heavy atom. The maximum atomic E-state index is 13.6. The van der Waals surface area contributed by atoms with Gasteiger partial charge in [-0.15, -0.1) is 5.10 Å². The van der Waals surface area contributed by atoms with E-state index in [2.05, 4.69) is 39.7 Å². The number of aliphatic hydroxyl groups excluding tert-OH is 1. The number of fused-ring (bicyclic) bond motifs is 1. The molecule has 1 aromatic carbocycles. The van der Waals surface area contributed by atoms with Gasteiger partial charge < -0.3 is 25.0 Å². The Morgan fingerprint density at radius 3 is 2.76 bits per heavy atom. The molecular weight excluding hydrogens is 474 g/mol. The highest BCUT2D eigenvalue weighted by molar-refractivity contribution is 5.99. The largest absolute Gasteiger partial charge is 0.488 e. The van der Waals surface area contributed by atoms with E-state index < -0.39 is 0 Å². The molecule has 2 aliphatic rings. The summed E-state index contributed by atoms with van der Waals surface area (Å²) in [5, 5.41) is 23.4. The molecule has 2 amide bonds. The summed E-state index contributed by atoms with van der Waals surface area (Å²) in [6.45, 7) is 6.02. The number of likely N-dealkylation sites (N-methyl/N-ethyl adjacent to an activating group) is 1. The Labute approximate surface area is 218 Å². The number of tetrazole rings is 1. The van der Waals surface area contributed by atoms with E-state index in [1.165, 1.54) is 43.1 Å². The summed E-state index contributed by atoms with van der Waals surface area (Å²) in [7, 11) is 2.15. The van der Waals surface area contributed by atoms with Crippen molar-refractivity contribution in [2.45, 2.75) is 64.6 Å². The third-order valence-electron chi connectivity index (χ3n) is 7.43. The quantitative estimate of drug-likeness (QED) is 0.522. The van der Waals surface area contributed by atoms with E-state index >= 15 is 0 Å². The molecular formula is C26H39N7O4. The van der Waals surface area contributed by atoms with Crippen LogP contribution in [-0.2, 0) is 11.3 Å². The fraction of sp³-hybridized carbons (Fsp3) is 0.654. The summed E-state index contributed by atoms with van der Waals surface area (Å²) >= 11 is 0. The molecule has 202 valence electrons. The molecule has 11 nitrogen and oxygen atoms in total. The molecule has 4 rings (SSSR count). The lowest BCUT2D eigenvalue weighted by molar-refractivity contribution is -0.116. The Balaban J connectivity index is 1.53. The van der Waals surface area contributed by atoms with Gasteiger partial charge in [-0.1, -0.05) is 26.2 Å².